The monoisotopic (exact) mass is 410 g/mol. The van der Waals surface area contributed by atoms with Gasteiger partial charge in [-0.3, -0.25) is 10.1 Å². The number of rotatable bonds is 4. The molecule has 1 aromatic heterocycles. The SMILES string of the molecule is CN1CCN(c2ncnc(Nc3ccc(Br)cc3F)c2[N+](=O)[O-])CC1. The van der Waals surface area contributed by atoms with Crippen LogP contribution in [0.3, 0.4) is 0 Å². The molecule has 3 rings (SSSR count). The Balaban J connectivity index is 1.96. The molecule has 1 aliphatic heterocycles. The van der Waals surface area contributed by atoms with Gasteiger partial charge in [-0.25, -0.2) is 14.4 Å². The molecule has 0 saturated carbocycles. The predicted molar refractivity (Wildman–Crippen MR) is 95.8 cm³/mol. The first-order valence-corrected chi connectivity index (χ1v) is 8.40. The maximum atomic E-state index is 14.0. The summed E-state index contributed by atoms with van der Waals surface area (Å²) in [5.74, 6) is -0.327. The van der Waals surface area contributed by atoms with Crippen molar-refractivity contribution in [3.8, 4) is 0 Å². The van der Waals surface area contributed by atoms with Crippen LogP contribution >= 0.6 is 15.9 Å². The summed E-state index contributed by atoms with van der Waals surface area (Å²) < 4.78 is 14.6. The van der Waals surface area contributed by atoms with Gasteiger partial charge in [-0.1, -0.05) is 15.9 Å². The maximum Gasteiger partial charge on any atom is 0.353 e. The zero-order valence-corrected chi connectivity index (χ0v) is 15.0. The Morgan fingerprint density at radius 1 is 1.28 bits per heavy atom. The van der Waals surface area contributed by atoms with E-state index in [1.165, 1.54) is 18.5 Å². The van der Waals surface area contributed by atoms with Crippen LogP contribution in [-0.2, 0) is 0 Å². The summed E-state index contributed by atoms with van der Waals surface area (Å²) in [5.41, 5.74) is -0.149. The Morgan fingerprint density at radius 2 is 2.00 bits per heavy atom. The average Bonchev–Trinajstić information content (AvgIpc) is 2.57. The molecular formula is C15H16BrFN6O2. The number of nitrogens with one attached hydrogen (secondary N) is 1. The summed E-state index contributed by atoms with van der Waals surface area (Å²) in [7, 11) is 2.00. The lowest BCUT2D eigenvalue weighted by atomic mass is 10.2. The van der Waals surface area contributed by atoms with E-state index in [2.05, 4.69) is 36.1 Å². The van der Waals surface area contributed by atoms with Gasteiger partial charge in [-0.15, -0.1) is 0 Å². The van der Waals surface area contributed by atoms with E-state index in [9.17, 15) is 14.5 Å². The largest absolute Gasteiger partial charge is 0.353 e. The second-order valence-corrected chi connectivity index (χ2v) is 6.61. The van der Waals surface area contributed by atoms with E-state index >= 15 is 0 Å². The topological polar surface area (TPSA) is 87.4 Å². The van der Waals surface area contributed by atoms with Crippen LogP contribution in [0.1, 0.15) is 0 Å². The fraction of sp³-hybridized carbons (Fsp3) is 0.333. The normalized spacial score (nSPS) is 15.2. The fourth-order valence-corrected chi connectivity index (χ4v) is 2.93. The van der Waals surface area contributed by atoms with Crippen LogP contribution < -0.4 is 10.2 Å². The van der Waals surface area contributed by atoms with E-state index < -0.39 is 10.7 Å². The Hall–Kier alpha value is -2.33. The molecular weight excluding hydrogens is 395 g/mol. The van der Waals surface area contributed by atoms with Crippen molar-refractivity contribution in [3.05, 3.63) is 44.9 Å². The van der Waals surface area contributed by atoms with Gasteiger partial charge in [-0.2, -0.15) is 0 Å². The summed E-state index contributed by atoms with van der Waals surface area (Å²) in [6.07, 6.45) is 1.25. The highest BCUT2D eigenvalue weighted by atomic mass is 79.9. The maximum absolute atomic E-state index is 14.0. The molecule has 0 atom stereocenters. The van der Waals surface area contributed by atoms with Gasteiger partial charge in [0.25, 0.3) is 0 Å². The minimum atomic E-state index is -0.538. The number of likely N-dealkylation sites (N-methyl/N-ethyl adjacent to an activating group) is 1. The zero-order chi connectivity index (χ0) is 18.0. The van der Waals surface area contributed by atoms with Crippen molar-refractivity contribution in [1.82, 2.24) is 14.9 Å². The fourth-order valence-electron chi connectivity index (χ4n) is 2.60. The van der Waals surface area contributed by atoms with E-state index in [4.69, 9.17) is 0 Å². The third kappa shape index (κ3) is 3.85. The summed E-state index contributed by atoms with van der Waals surface area (Å²) >= 11 is 3.18. The van der Waals surface area contributed by atoms with Crippen LogP contribution in [0.5, 0.6) is 0 Å². The second kappa shape index (κ2) is 7.28. The Morgan fingerprint density at radius 3 is 2.64 bits per heavy atom. The van der Waals surface area contributed by atoms with Crippen molar-refractivity contribution in [1.29, 1.82) is 0 Å². The van der Waals surface area contributed by atoms with Gasteiger partial charge in [0.1, 0.15) is 12.1 Å². The van der Waals surface area contributed by atoms with Crippen LogP contribution in [0.15, 0.2) is 29.0 Å². The number of halogens is 2. The number of benzene rings is 1. The summed E-state index contributed by atoms with van der Waals surface area (Å²) in [6.45, 7) is 2.82. The molecule has 1 N–H and O–H groups in total. The molecule has 0 bridgehead atoms. The molecule has 2 heterocycles. The number of nitro groups is 1. The molecule has 0 unspecified atom stereocenters. The van der Waals surface area contributed by atoms with Gasteiger partial charge in [0.15, 0.2) is 0 Å². The van der Waals surface area contributed by atoms with Crippen LogP contribution in [0.2, 0.25) is 0 Å². The number of hydrogen-bond donors (Lipinski definition) is 1. The van der Waals surface area contributed by atoms with Crippen molar-refractivity contribution >= 4 is 38.9 Å². The van der Waals surface area contributed by atoms with E-state index in [1.807, 2.05) is 11.9 Å². The molecule has 1 aromatic carbocycles. The zero-order valence-electron chi connectivity index (χ0n) is 13.4. The molecule has 0 amide bonds. The summed E-state index contributed by atoms with van der Waals surface area (Å²) in [5, 5.41) is 14.3. The van der Waals surface area contributed by atoms with Gasteiger partial charge >= 0.3 is 5.69 Å². The molecule has 1 saturated heterocycles. The van der Waals surface area contributed by atoms with Crippen molar-refractivity contribution in [3.63, 3.8) is 0 Å². The van der Waals surface area contributed by atoms with Crippen molar-refractivity contribution in [2.75, 3.05) is 43.4 Å². The first-order valence-electron chi connectivity index (χ1n) is 7.60. The first-order chi connectivity index (χ1) is 12.0. The molecule has 8 nitrogen and oxygen atoms in total. The van der Waals surface area contributed by atoms with Crippen LogP contribution in [0, 0.1) is 15.9 Å². The third-order valence-electron chi connectivity index (χ3n) is 3.97. The predicted octanol–water partition coefficient (Wildman–Crippen LogP) is 2.78. The van der Waals surface area contributed by atoms with Crippen LogP contribution in [-0.4, -0.2) is 53.0 Å². The van der Waals surface area contributed by atoms with E-state index in [0.717, 1.165) is 13.1 Å². The molecule has 0 aliphatic carbocycles. The van der Waals surface area contributed by atoms with Crippen LogP contribution in [0.25, 0.3) is 0 Å². The summed E-state index contributed by atoms with van der Waals surface area (Å²) in [6, 6.07) is 4.40. The lowest BCUT2D eigenvalue weighted by Crippen LogP contribution is -2.45. The van der Waals surface area contributed by atoms with Gasteiger partial charge in [-0.05, 0) is 25.2 Å². The third-order valence-corrected chi connectivity index (χ3v) is 4.47. The van der Waals surface area contributed by atoms with Crippen LogP contribution in [0.4, 0.5) is 27.4 Å². The Labute approximate surface area is 152 Å². The number of hydrogen-bond acceptors (Lipinski definition) is 7. The van der Waals surface area contributed by atoms with E-state index in [1.54, 1.807) is 6.07 Å². The summed E-state index contributed by atoms with van der Waals surface area (Å²) in [4.78, 5) is 23.1. The second-order valence-electron chi connectivity index (χ2n) is 5.69. The highest BCUT2D eigenvalue weighted by Crippen LogP contribution is 2.34. The van der Waals surface area contributed by atoms with E-state index in [0.29, 0.717) is 17.6 Å². The standard InChI is InChI=1S/C15H16BrFN6O2/c1-21-4-6-22(7-5-21)15-13(23(24)25)14(18-9-19-15)20-12-3-2-10(16)8-11(12)17/h2-3,8-9H,4-7H2,1H3,(H,18,19,20). The van der Waals surface area contributed by atoms with Gasteiger partial charge in [0.05, 0.1) is 10.6 Å². The minimum absolute atomic E-state index is 0.0323. The molecule has 25 heavy (non-hydrogen) atoms. The number of nitrogens with zero attached hydrogens (tertiary/aromatic N) is 5. The first kappa shape index (κ1) is 17.5. The molecule has 2 aromatic rings. The van der Waals surface area contributed by atoms with Crippen molar-refractivity contribution in [2.45, 2.75) is 0 Å². The Kier molecular flexibility index (Phi) is 5.09. The van der Waals surface area contributed by atoms with Gasteiger partial charge in [0.2, 0.25) is 11.6 Å². The van der Waals surface area contributed by atoms with Crippen molar-refractivity contribution < 1.29 is 9.31 Å². The molecule has 1 aliphatic rings. The number of anilines is 3. The van der Waals surface area contributed by atoms with Gasteiger partial charge in [0, 0.05) is 30.7 Å². The minimum Gasteiger partial charge on any atom is -0.348 e. The smallest absolute Gasteiger partial charge is 0.348 e. The Bertz CT molecular complexity index is 798. The average molecular weight is 411 g/mol. The lowest BCUT2D eigenvalue weighted by molar-refractivity contribution is -0.383. The highest BCUT2D eigenvalue weighted by molar-refractivity contribution is 9.10. The van der Waals surface area contributed by atoms with E-state index in [-0.39, 0.29) is 23.0 Å². The molecule has 0 spiro atoms. The molecule has 1 fully saturated rings. The quantitative estimate of drug-likeness (QED) is 0.612. The highest BCUT2D eigenvalue weighted by Gasteiger charge is 2.29. The van der Waals surface area contributed by atoms with Gasteiger partial charge < -0.3 is 15.1 Å². The molecule has 132 valence electrons. The number of aromatic nitrogens is 2. The molecule has 10 heteroatoms. The lowest BCUT2D eigenvalue weighted by Gasteiger charge is -2.32. The molecule has 0 radical (unpaired) electrons. The van der Waals surface area contributed by atoms with Crippen molar-refractivity contribution in [2.24, 2.45) is 0 Å². The number of piperazine rings is 1.